The Labute approximate surface area is 116 Å². The summed E-state index contributed by atoms with van der Waals surface area (Å²) in [5.41, 5.74) is 2.51. The van der Waals surface area contributed by atoms with E-state index < -0.39 is 0 Å². The molecule has 0 fully saturated rings. The van der Waals surface area contributed by atoms with E-state index in [0.717, 1.165) is 22.2 Å². The van der Waals surface area contributed by atoms with E-state index in [2.05, 4.69) is 15.3 Å². The molecule has 4 nitrogen and oxygen atoms in total. The highest BCUT2D eigenvalue weighted by Gasteiger charge is 2.06. The van der Waals surface area contributed by atoms with E-state index in [1.165, 1.54) is 6.92 Å². The summed E-state index contributed by atoms with van der Waals surface area (Å²) in [6.07, 6.45) is 1.75. The molecule has 0 saturated carbocycles. The van der Waals surface area contributed by atoms with Crippen LogP contribution in [0.4, 0.5) is 5.69 Å². The number of aromatic nitrogens is 2. The zero-order valence-corrected chi connectivity index (χ0v) is 11.0. The topological polar surface area (TPSA) is 54.9 Å². The summed E-state index contributed by atoms with van der Waals surface area (Å²) >= 11 is 0. The van der Waals surface area contributed by atoms with Gasteiger partial charge in [-0.25, -0.2) is 9.97 Å². The highest BCUT2D eigenvalue weighted by atomic mass is 16.1. The van der Waals surface area contributed by atoms with Crippen LogP contribution in [0.1, 0.15) is 6.92 Å². The second-order valence-electron chi connectivity index (χ2n) is 4.48. The molecule has 0 atom stereocenters. The molecule has 1 aromatic heterocycles. The van der Waals surface area contributed by atoms with Crippen molar-refractivity contribution in [1.82, 2.24) is 9.97 Å². The number of carbonyl (C=O) groups is 1. The second kappa shape index (κ2) is 5.09. The first-order valence-corrected chi connectivity index (χ1v) is 6.33. The molecular formula is C16H13N3O. The molecule has 0 radical (unpaired) electrons. The molecule has 0 spiro atoms. The summed E-state index contributed by atoms with van der Waals surface area (Å²) in [7, 11) is 0. The first kappa shape index (κ1) is 12.3. The molecule has 0 aliphatic heterocycles. The summed E-state index contributed by atoms with van der Waals surface area (Å²) < 4.78 is 0. The lowest BCUT2D eigenvalue weighted by Crippen LogP contribution is -2.06. The maximum Gasteiger partial charge on any atom is 0.221 e. The zero-order valence-electron chi connectivity index (χ0n) is 11.0. The predicted octanol–water partition coefficient (Wildman–Crippen LogP) is 3.26. The van der Waals surface area contributed by atoms with Crippen LogP contribution >= 0.6 is 0 Å². The van der Waals surface area contributed by atoms with Crippen LogP contribution in [0.5, 0.6) is 0 Å². The summed E-state index contributed by atoms with van der Waals surface area (Å²) in [6, 6.07) is 15.4. The van der Waals surface area contributed by atoms with Crippen molar-refractivity contribution >= 4 is 22.5 Å². The van der Waals surface area contributed by atoms with Crippen molar-refractivity contribution in [3.8, 4) is 11.4 Å². The molecule has 3 rings (SSSR count). The molecule has 0 saturated heterocycles. The van der Waals surface area contributed by atoms with Gasteiger partial charge in [0.15, 0.2) is 5.82 Å². The SMILES string of the molecule is CC(=O)Nc1cccc2nc(-c3ccccc3)ncc12. The molecule has 4 heteroatoms. The quantitative estimate of drug-likeness (QED) is 0.772. The third-order valence-corrected chi connectivity index (χ3v) is 2.97. The summed E-state index contributed by atoms with van der Waals surface area (Å²) in [5.74, 6) is 0.572. The van der Waals surface area contributed by atoms with Crippen LogP contribution < -0.4 is 5.32 Å². The lowest BCUT2D eigenvalue weighted by molar-refractivity contribution is -0.114. The third-order valence-electron chi connectivity index (χ3n) is 2.97. The van der Waals surface area contributed by atoms with Gasteiger partial charge in [-0.05, 0) is 12.1 Å². The van der Waals surface area contributed by atoms with Gasteiger partial charge >= 0.3 is 0 Å². The van der Waals surface area contributed by atoms with Crippen LogP contribution in [0, 0.1) is 0 Å². The van der Waals surface area contributed by atoms with E-state index >= 15 is 0 Å². The summed E-state index contributed by atoms with van der Waals surface area (Å²) in [4.78, 5) is 20.1. The molecule has 98 valence electrons. The Morgan fingerprint density at radius 2 is 1.85 bits per heavy atom. The molecule has 0 bridgehead atoms. The predicted molar refractivity (Wildman–Crippen MR) is 79.3 cm³/mol. The highest BCUT2D eigenvalue weighted by molar-refractivity contribution is 6.00. The second-order valence-corrected chi connectivity index (χ2v) is 4.48. The number of rotatable bonds is 2. The molecule has 2 aromatic carbocycles. The Morgan fingerprint density at radius 3 is 2.60 bits per heavy atom. The minimum absolute atomic E-state index is 0.107. The standard InChI is InChI=1S/C16H13N3O/c1-11(20)18-14-8-5-9-15-13(14)10-17-16(19-15)12-6-3-2-4-7-12/h2-10H,1H3,(H,18,20). The molecule has 0 aliphatic rings. The molecule has 0 aliphatic carbocycles. The number of anilines is 1. The normalized spacial score (nSPS) is 10.4. The lowest BCUT2D eigenvalue weighted by atomic mass is 10.1. The fourth-order valence-electron chi connectivity index (χ4n) is 2.08. The Kier molecular flexibility index (Phi) is 3.13. The van der Waals surface area contributed by atoms with Gasteiger partial charge in [0.05, 0.1) is 11.2 Å². The average Bonchev–Trinajstić information content (AvgIpc) is 2.47. The molecule has 0 unspecified atom stereocenters. The number of carbonyl (C=O) groups excluding carboxylic acids is 1. The molecule has 1 N–H and O–H groups in total. The van der Waals surface area contributed by atoms with Crippen LogP contribution in [0.2, 0.25) is 0 Å². The largest absolute Gasteiger partial charge is 0.326 e. The maximum absolute atomic E-state index is 11.2. The minimum atomic E-state index is -0.107. The van der Waals surface area contributed by atoms with E-state index in [0.29, 0.717) is 5.82 Å². The van der Waals surface area contributed by atoms with E-state index in [-0.39, 0.29) is 5.91 Å². The van der Waals surface area contributed by atoms with Crippen molar-refractivity contribution < 1.29 is 4.79 Å². The van der Waals surface area contributed by atoms with Crippen molar-refractivity contribution in [2.45, 2.75) is 6.92 Å². The van der Waals surface area contributed by atoms with Crippen molar-refractivity contribution in [1.29, 1.82) is 0 Å². The van der Waals surface area contributed by atoms with Gasteiger partial charge in [0.1, 0.15) is 0 Å². The maximum atomic E-state index is 11.2. The van der Waals surface area contributed by atoms with E-state index in [4.69, 9.17) is 0 Å². The number of hydrogen-bond acceptors (Lipinski definition) is 3. The van der Waals surface area contributed by atoms with Crippen molar-refractivity contribution in [3.63, 3.8) is 0 Å². The van der Waals surface area contributed by atoms with Crippen LogP contribution in [-0.4, -0.2) is 15.9 Å². The van der Waals surface area contributed by atoms with Gasteiger partial charge in [0, 0.05) is 24.1 Å². The number of hydrogen-bond donors (Lipinski definition) is 1. The van der Waals surface area contributed by atoms with Crippen molar-refractivity contribution in [3.05, 3.63) is 54.7 Å². The number of benzene rings is 2. The smallest absolute Gasteiger partial charge is 0.221 e. The monoisotopic (exact) mass is 263 g/mol. The average molecular weight is 263 g/mol. The highest BCUT2D eigenvalue weighted by Crippen LogP contribution is 2.23. The number of fused-ring (bicyclic) bond motifs is 1. The van der Waals surface area contributed by atoms with Gasteiger partial charge in [-0.15, -0.1) is 0 Å². The number of amides is 1. The number of nitrogens with one attached hydrogen (secondary N) is 1. The van der Waals surface area contributed by atoms with Crippen LogP contribution in [0.3, 0.4) is 0 Å². The molecule has 20 heavy (non-hydrogen) atoms. The first-order valence-electron chi connectivity index (χ1n) is 6.33. The Balaban J connectivity index is 2.11. The third kappa shape index (κ3) is 2.36. The Bertz CT molecular complexity index is 769. The molecule has 3 aromatic rings. The van der Waals surface area contributed by atoms with Gasteiger partial charge < -0.3 is 5.32 Å². The van der Waals surface area contributed by atoms with Gasteiger partial charge in [0.25, 0.3) is 0 Å². The van der Waals surface area contributed by atoms with Gasteiger partial charge in [-0.3, -0.25) is 4.79 Å². The van der Waals surface area contributed by atoms with Gasteiger partial charge in [-0.2, -0.15) is 0 Å². The summed E-state index contributed by atoms with van der Waals surface area (Å²) in [5, 5.41) is 3.62. The molecular weight excluding hydrogens is 250 g/mol. The minimum Gasteiger partial charge on any atom is -0.326 e. The fourth-order valence-corrected chi connectivity index (χ4v) is 2.08. The zero-order chi connectivity index (χ0) is 13.9. The van der Waals surface area contributed by atoms with Crippen LogP contribution in [0.25, 0.3) is 22.3 Å². The van der Waals surface area contributed by atoms with E-state index in [1.54, 1.807) is 6.20 Å². The van der Waals surface area contributed by atoms with Gasteiger partial charge in [-0.1, -0.05) is 36.4 Å². The van der Waals surface area contributed by atoms with Gasteiger partial charge in [0.2, 0.25) is 5.91 Å². The lowest BCUT2D eigenvalue weighted by Gasteiger charge is -2.07. The summed E-state index contributed by atoms with van der Waals surface area (Å²) in [6.45, 7) is 1.48. The van der Waals surface area contributed by atoms with Crippen LogP contribution in [0.15, 0.2) is 54.7 Å². The Hall–Kier alpha value is -2.75. The van der Waals surface area contributed by atoms with E-state index in [9.17, 15) is 4.79 Å². The fraction of sp³-hybridized carbons (Fsp3) is 0.0625. The molecule has 1 amide bonds. The Morgan fingerprint density at radius 1 is 1.05 bits per heavy atom. The molecule has 1 heterocycles. The van der Waals surface area contributed by atoms with Crippen molar-refractivity contribution in [2.24, 2.45) is 0 Å². The van der Waals surface area contributed by atoms with Crippen molar-refractivity contribution in [2.75, 3.05) is 5.32 Å². The first-order chi connectivity index (χ1) is 9.74. The van der Waals surface area contributed by atoms with E-state index in [1.807, 2.05) is 48.5 Å². The van der Waals surface area contributed by atoms with Crippen LogP contribution in [-0.2, 0) is 4.79 Å². The number of nitrogens with zero attached hydrogens (tertiary/aromatic N) is 2.